The lowest BCUT2D eigenvalue weighted by Crippen LogP contribution is -2.13. The van der Waals surface area contributed by atoms with Gasteiger partial charge in [-0.25, -0.2) is 9.67 Å². The van der Waals surface area contributed by atoms with Crippen molar-refractivity contribution in [2.45, 2.75) is 33.7 Å². The van der Waals surface area contributed by atoms with E-state index in [4.69, 9.17) is 14.8 Å². The van der Waals surface area contributed by atoms with Crippen molar-refractivity contribution in [3.8, 4) is 22.9 Å². The Morgan fingerprint density at radius 1 is 1.20 bits per heavy atom. The highest BCUT2D eigenvalue weighted by Gasteiger charge is 2.23. The van der Waals surface area contributed by atoms with Crippen LogP contribution in [0.15, 0.2) is 24.3 Å². The van der Waals surface area contributed by atoms with E-state index >= 15 is 0 Å². The Morgan fingerprint density at radius 3 is 2.64 bits per heavy atom. The summed E-state index contributed by atoms with van der Waals surface area (Å²) in [5, 5.41) is 12.3. The molecule has 130 valence electrons. The van der Waals surface area contributed by atoms with Crippen LogP contribution in [-0.4, -0.2) is 38.2 Å². The molecular formula is C19H23N5O. The SMILES string of the molecule is Cc1ccc(-c2nc(-c3n[nH]c(C)c3C)n(CC3CCOC3)n2)cc1. The quantitative estimate of drug-likeness (QED) is 0.793. The normalized spacial score (nSPS) is 17.3. The molecule has 25 heavy (non-hydrogen) atoms. The number of nitrogens with one attached hydrogen (secondary N) is 1. The number of H-pyrrole nitrogens is 1. The van der Waals surface area contributed by atoms with E-state index < -0.39 is 0 Å². The second-order valence-corrected chi connectivity index (χ2v) is 6.86. The smallest absolute Gasteiger partial charge is 0.181 e. The molecule has 6 nitrogen and oxygen atoms in total. The lowest BCUT2D eigenvalue weighted by Gasteiger charge is -2.09. The van der Waals surface area contributed by atoms with Gasteiger partial charge in [0.25, 0.3) is 0 Å². The van der Waals surface area contributed by atoms with Crippen molar-refractivity contribution in [2.24, 2.45) is 5.92 Å². The van der Waals surface area contributed by atoms with E-state index in [0.29, 0.717) is 5.92 Å². The number of ether oxygens (including phenoxy) is 1. The first-order chi connectivity index (χ1) is 12.1. The van der Waals surface area contributed by atoms with Crippen molar-refractivity contribution in [3.05, 3.63) is 41.1 Å². The summed E-state index contributed by atoms with van der Waals surface area (Å²) in [6, 6.07) is 8.31. The van der Waals surface area contributed by atoms with Crippen molar-refractivity contribution >= 4 is 0 Å². The molecule has 1 aliphatic rings. The van der Waals surface area contributed by atoms with E-state index in [1.54, 1.807) is 0 Å². The van der Waals surface area contributed by atoms with Gasteiger partial charge < -0.3 is 4.74 Å². The molecule has 1 fully saturated rings. The minimum absolute atomic E-state index is 0.478. The molecule has 1 atom stereocenters. The Morgan fingerprint density at radius 2 is 2.00 bits per heavy atom. The minimum atomic E-state index is 0.478. The van der Waals surface area contributed by atoms with E-state index in [1.165, 1.54) is 5.56 Å². The van der Waals surface area contributed by atoms with Crippen LogP contribution < -0.4 is 0 Å². The Kier molecular flexibility index (Phi) is 4.13. The summed E-state index contributed by atoms with van der Waals surface area (Å²) in [7, 11) is 0. The van der Waals surface area contributed by atoms with Gasteiger partial charge in [-0.05, 0) is 27.2 Å². The number of nitrogens with zero attached hydrogens (tertiary/aromatic N) is 4. The molecule has 0 aliphatic carbocycles. The zero-order chi connectivity index (χ0) is 17.4. The van der Waals surface area contributed by atoms with Crippen molar-refractivity contribution in [2.75, 3.05) is 13.2 Å². The van der Waals surface area contributed by atoms with Crippen LogP contribution in [0.1, 0.15) is 23.2 Å². The average molecular weight is 337 g/mol. The zero-order valence-corrected chi connectivity index (χ0v) is 14.9. The number of aryl methyl sites for hydroxylation is 2. The Balaban J connectivity index is 1.76. The molecule has 3 aromatic rings. The highest BCUT2D eigenvalue weighted by molar-refractivity contribution is 5.62. The molecule has 1 aromatic carbocycles. The van der Waals surface area contributed by atoms with Crippen molar-refractivity contribution in [3.63, 3.8) is 0 Å². The van der Waals surface area contributed by atoms with Crippen molar-refractivity contribution in [1.82, 2.24) is 25.0 Å². The van der Waals surface area contributed by atoms with Gasteiger partial charge in [-0.3, -0.25) is 5.10 Å². The van der Waals surface area contributed by atoms with Gasteiger partial charge in [0.1, 0.15) is 5.69 Å². The third-order valence-electron chi connectivity index (χ3n) is 4.90. The molecule has 0 saturated carbocycles. The number of hydrogen-bond donors (Lipinski definition) is 1. The Hall–Kier alpha value is -2.47. The molecule has 0 amide bonds. The minimum Gasteiger partial charge on any atom is -0.381 e. The topological polar surface area (TPSA) is 68.6 Å². The van der Waals surface area contributed by atoms with Crippen LogP contribution in [0, 0.1) is 26.7 Å². The molecule has 4 rings (SSSR count). The van der Waals surface area contributed by atoms with Crippen LogP contribution in [0.4, 0.5) is 0 Å². The van der Waals surface area contributed by atoms with Crippen LogP contribution in [-0.2, 0) is 11.3 Å². The molecule has 1 aliphatic heterocycles. The predicted molar refractivity (Wildman–Crippen MR) is 96.2 cm³/mol. The van der Waals surface area contributed by atoms with Crippen LogP contribution in [0.25, 0.3) is 22.9 Å². The van der Waals surface area contributed by atoms with Crippen molar-refractivity contribution < 1.29 is 4.74 Å². The van der Waals surface area contributed by atoms with Gasteiger partial charge in [0, 0.05) is 35.9 Å². The summed E-state index contributed by atoms with van der Waals surface area (Å²) >= 11 is 0. The number of hydrogen-bond acceptors (Lipinski definition) is 4. The molecule has 0 radical (unpaired) electrons. The molecule has 1 saturated heterocycles. The Labute approximate surface area is 147 Å². The van der Waals surface area contributed by atoms with Gasteiger partial charge >= 0.3 is 0 Å². The summed E-state index contributed by atoms with van der Waals surface area (Å²) in [6.45, 7) is 8.60. The maximum Gasteiger partial charge on any atom is 0.181 e. The van der Waals surface area contributed by atoms with Gasteiger partial charge in [0.15, 0.2) is 11.6 Å². The summed E-state index contributed by atoms with van der Waals surface area (Å²) in [6.07, 6.45) is 1.07. The van der Waals surface area contributed by atoms with Crippen LogP contribution in [0.5, 0.6) is 0 Å². The first-order valence-corrected chi connectivity index (χ1v) is 8.73. The van der Waals surface area contributed by atoms with Crippen LogP contribution >= 0.6 is 0 Å². The standard InChI is InChI=1S/C19H23N5O/c1-12-4-6-16(7-5-12)18-20-19(17-13(2)14(3)21-22-17)24(23-18)10-15-8-9-25-11-15/h4-7,15H,8-11H2,1-3H3,(H,21,22). The number of aromatic amines is 1. The van der Waals surface area contributed by atoms with Gasteiger partial charge in [0.05, 0.1) is 6.61 Å². The molecule has 0 spiro atoms. The van der Waals surface area contributed by atoms with Crippen LogP contribution in [0.3, 0.4) is 0 Å². The van der Waals surface area contributed by atoms with Gasteiger partial charge in [-0.15, -0.1) is 0 Å². The van der Waals surface area contributed by atoms with Gasteiger partial charge in [0.2, 0.25) is 0 Å². The third kappa shape index (κ3) is 3.09. The third-order valence-corrected chi connectivity index (χ3v) is 4.90. The zero-order valence-electron chi connectivity index (χ0n) is 14.9. The summed E-state index contributed by atoms with van der Waals surface area (Å²) in [5.74, 6) is 2.05. The van der Waals surface area contributed by atoms with Crippen LogP contribution in [0.2, 0.25) is 0 Å². The fourth-order valence-corrected chi connectivity index (χ4v) is 3.14. The maximum atomic E-state index is 5.52. The molecular weight excluding hydrogens is 314 g/mol. The number of aromatic nitrogens is 5. The highest BCUT2D eigenvalue weighted by Crippen LogP contribution is 2.26. The largest absolute Gasteiger partial charge is 0.381 e. The fraction of sp³-hybridized carbons (Fsp3) is 0.421. The lowest BCUT2D eigenvalue weighted by atomic mass is 10.1. The molecule has 2 aromatic heterocycles. The van der Waals surface area contributed by atoms with Crippen molar-refractivity contribution in [1.29, 1.82) is 0 Å². The molecule has 1 unspecified atom stereocenters. The molecule has 3 heterocycles. The Bertz CT molecular complexity index is 872. The molecule has 6 heteroatoms. The monoisotopic (exact) mass is 337 g/mol. The summed E-state index contributed by atoms with van der Waals surface area (Å²) < 4.78 is 7.52. The highest BCUT2D eigenvalue weighted by atomic mass is 16.5. The van der Waals surface area contributed by atoms with E-state index in [9.17, 15) is 0 Å². The average Bonchev–Trinajstić information content (AvgIpc) is 3.32. The maximum absolute atomic E-state index is 5.52. The summed E-state index contributed by atoms with van der Waals surface area (Å²) in [5.41, 5.74) is 5.31. The first kappa shape index (κ1) is 16.0. The second-order valence-electron chi connectivity index (χ2n) is 6.86. The van der Waals surface area contributed by atoms with Gasteiger partial charge in [-0.1, -0.05) is 29.8 Å². The first-order valence-electron chi connectivity index (χ1n) is 8.73. The molecule has 1 N–H and O–H groups in total. The summed E-state index contributed by atoms with van der Waals surface area (Å²) in [4.78, 5) is 4.83. The predicted octanol–water partition coefficient (Wildman–Crippen LogP) is 3.30. The van der Waals surface area contributed by atoms with E-state index in [1.807, 2.05) is 11.6 Å². The fourth-order valence-electron chi connectivity index (χ4n) is 3.14. The van der Waals surface area contributed by atoms with E-state index in [-0.39, 0.29) is 0 Å². The second kappa shape index (κ2) is 6.44. The van der Waals surface area contributed by atoms with Gasteiger partial charge in [-0.2, -0.15) is 10.2 Å². The number of rotatable bonds is 4. The van der Waals surface area contributed by atoms with E-state index in [0.717, 1.165) is 60.3 Å². The van der Waals surface area contributed by atoms with E-state index in [2.05, 4.69) is 48.3 Å². The lowest BCUT2D eigenvalue weighted by molar-refractivity contribution is 0.181. The number of benzene rings is 1. The molecule has 0 bridgehead atoms.